The van der Waals surface area contributed by atoms with E-state index in [0.717, 1.165) is 25.1 Å². The van der Waals surface area contributed by atoms with Crippen LogP contribution in [-0.2, 0) is 6.42 Å². The summed E-state index contributed by atoms with van der Waals surface area (Å²) in [5, 5.41) is 20.2. The number of halogens is 1. The van der Waals surface area contributed by atoms with Crippen molar-refractivity contribution in [2.24, 2.45) is 5.92 Å². The number of carbonyl (C=O) groups is 1. The zero-order chi connectivity index (χ0) is 20.3. The number of likely N-dealkylation sites (tertiary alicyclic amines) is 1. The molecule has 0 saturated carbocycles. The minimum atomic E-state index is -0.869. The van der Waals surface area contributed by atoms with Crippen LogP contribution >= 0.6 is 0 Å². The Hall–Kier alpha value is -2.24. The largest absolute Gasteiger partial charge is 0.508 e. The van der Waals surface area contributed by atoms with Gasteiger partial charge in [-0.2, -0.15) is 0 Å². The zero-order valence-corrected chi connectivity index (χ0v) is 16.5. The maximum absolute atomic E-state index is 13.4. The third-order valence-electron chi connectivity index (χ3n) is 5.46. The first kappa shape index (κ1) is 20.5. The van der Waals surface area contributed by atoms with Crippen LogP contribution in [0.15, 0.2) is 42.5 Å². The Morgan fingerprint density at radius 3 is 2.64 bits per heavy atom. The molecule has 1 aliphatic heterocycles. The van der Waals surface area contributed by atoms with E-state index in [1.54, 1.807) is 31.2 Å². The number of benzene rings is 2. The molecule has 28 heavy (non-hydrogen) atoms. The van der Waals surface area contributed by atoms with Crippen LogP contribution in [0, 0.1) is 18.7 Å². The van der Waals surface area contributed by atoms with Crippen molar-refractivity contribution >= 4 is 5.78 Å². The Morgan fingerprint density at radius 1 is 1.25 bits per heavy atom. The average molecular weight is 385 g/mol. The fraction of sp³-hybridized carbons (Fsp3) is 0.435. The lowest BCUT2D eigenvalue weighted by Gasteiger charge is -2.27. The van der Waals surface area contributed by atoms with Crippen molar-refractivity contribution in [2.45, 2.75) is 38.7 Å². The number of aromatic hydroxyl groups is 1. The molecule has 150 valence electrons. The van der Waals surface area contributed by atoms with E-state index in [-0.39, 0.29) is 17.3 Å². The number of hydrogen-bond acceptors (Lipinski definition) is 4. The SMILES string of the molecule is Cc1cc(CC(C)(O)CC2CCN(CC(=O)c3ccc(O)cc3)C2)ccc1F. The summed E-state index contributed by atoms with van der Waals surface area (Å²) in [6.07, 6.45) is 2.08. The molecule has 2 atom stereocenters. The molecule has 0 amide bonds. The molecule has 0 radical (unpaired) electrons. The van der Waals surface area contributed by atoms with Crippen molar-refractivity contribution < 1.29 is 19.4 Å². The van der Waals surface area contributed by atoms with E-state index in [9.17, 15) is 19.4 Å². The van der Waals surface area contributed by atoms with Crippen LogP contribution in [0.1, 0.15) is 41.3 Å². The minimum absolute atomic E-state index is 0.0363. The van der Waals surface area contributed by atoms with Gasteiger partial charge in [-0.25, -0.2) is 4.39 Å². The highest BCUT2D eigenvalue weighted by atomic mass is 19.1. The summed E-state index contributed by atoms with van der Waals surface area (Å²) in [4.78, 5) is 14.5. The fourth-order valence-corrected chi connectivity index (χ4v) is 4.12. The van der Waals surface area contributed by atoms with Crippen molar-refractivity contribution in [3.05, 3.63) is 65.0 Å². The lowest BCUT2D eigenvalue weighted by atomic mass is 9.86. The predicted octanol–water partition coefficient (Wildman–Crippen LogP) is 3.73. The van der Waals surface area contributed by atoms with Gasteiger partial charge >= 0.3 is 0 Å². The van der Waals surface area contributed by atoms with E-state index < -0.39 is 5.60 Å². The molecule has 0 bridgehead atoms. The number of phenolic OH excluding ortho intramolecular Hbond substituents is 1. The number of Topliss-reactive ketones (excluding diaryl/α,β-unsaturated/α-hetero) is 1. The Labute approximate surface area is 165 Å². The first-order valence-electron chi connectivity index (χ1n) is 9.74. The summed E-state index contributed by atoms with van der Waals surface area (Å²) < 4.78 is 13.4. The van der Waals surface area contributed by atoms with Gasteiger partial charge in [0.2, 0.25) is 0 Å². The van der Waals surface area contributed by atoms with Gasteiger partial charge in [-0.3, -0.25) is 9.69 Å². The molecule has 2 unspecified atom stereocenters. The number of hydrogen-bond donors (Lipinski definition) is 2. The normalized spacial score (nSPS) is 19.5. The molecular formula is C23H28FNO3. The van der Waals surface area contributed by atoms with Gasteiger partial charge in [-0.1, -0.05) is 12.1 Å². The number of nitrogens with zero attached hydrogens (tertiary/aromatic N) is 1. The summed E-state index contributed by atoms with van der Waals surface area (Å²) in [6, 6.07) is 11.3. The van der Waals surface area contributed by atoms with Gasteiger partial charge in [0.1, 0.15) is 11.6 Å². The summed E-state index contributed by atoms with van der Waals surface area (Å²) in [5.41, 5.74) is 1.25. The zero-order valence-electron chi connectivity index (χ0n) is 16.5. The Morgan fingerprint density at radius 2 is 1.96 bits per heavy atom. The van der Waals surface area contributed by atoms with Gasteiger partial charge < -0.3 is 10.2 Å². The summed E-state index contributed by atoms with van der Waals surface area (Å²) in [7, 11) is 0. The number of aliphatic hydroxyl groups is 1. The number of ketones is 1. The Balaban J connectivity index is 1.52. The first-order chi connectivity index (χ1) is 13.2. The summed E-state index contributed by atoms with van der Waals surface area (Å²) in [6.45, 7) is 5.52. The fourth-order valence-electron chi connectivity index (χ4n) is 4.12. The quantitative estimate of drug-likeness (QED) is 0.713. The second kappa shape index (κ2) is 8.41. The first-order valence-corrected chi connectivity index (χ1v) is 9.74. The highest BCUT2D eigenvalue weighted by molar-refractivity contribution is 5.97. The molecule has 2 N–H and O–H groups in total. The van der Waals surface area contributed by atoms with Gasteiger partial charge in [0.15, 0.2) is 5.78 Å². The van der Waals surface area contributed by atoms with E-state index >= 15 is 0 Å². The second-order valence-corrected chi connectivity index (χ2v) is 8.32. The number of rotatable bonds is 7. The molecule has 4 nitrogen and oxygen atoms in total. The standard InChI is InChI=1S/C23H28FNO3/c1-16-11-17(3-8-21(16)24)12-23(2,28)13-18-9-10-25(14-18)15-22(27)19-4-6-20(26)7-5-19/h3-8,11,18,26,28H,9-10,12-15H2,1-2H3. The molecule has 0 aromatic heterocycles. The lowest BCUT2D eigenvalue weighted by Crippen LogP contribution is -2.32. The molecular weight excluding hydrogens is 357 g/mol. The molecule has 5 heteroatoms. The van der Waals surface area contributed by atoms with Crippen LogP contribution in [0.5, 0.6) is 5.75 Å². The Bertz CT molecular complexity index is 832. The maximum atomic E-state index is 13.4. The minimum Gasteiger partial charge on any atom is -0.508 e. The maximum Gasteiger partial charge on any atom is 0.176 e. The van der Waals surface area contributed by atoms with E-state index in [0.29, 0.717) is 36.4 Å². The van der Waals surface area contributed by atoms with Gasteiger partial charge in [0.05, 0.1) is 12.1 Å². The molecule has 1 aliphatic rings. The molecule has 1 fully saturated rings. The van der Waals surface area contributed by atoms with Crippen molar-refractivity contribution in [3.8, 4) is 5.75 Å². The van der Waals surface area contributed by atoms with Crippen molar-refractivity contribution in [2.75, 3.05) is 19.6 Å². The van der Waals surface area contributed by atoms with Gasteiger partial charge in [0, 0.05) is 18.5 Å². The van der Waals surface area contributed by atoms with E-state index in [1.165, 1.54) is 18.2 Å². The second-order valence-electron chi connectivity index (χ2n) is 8.32. The average Bonchev–Trinajstić information content (AvgIpc) is 3.04. The molecule has 2 aromatic carbocycles. The number of aryl methyl sites for hydroxylation is 1. The highest BCUT2D eigenvalue weighted by Gasteiger charge is 2.31. The molecule has 0 aliphatic carbocycles. The van der Waals surface area contributed by atoms with Crippen LogP contribution in [0.2, 0.25) is 0 Å². The Kier molecular flexibility index (Phi) is 6.16. The van der Waals surface area contributed by atoms with Crippen LogP contribution in [0.3, 0.4) is 0 Å². The van der Waals surface area contributed by atoms with Crippen molar-refractivity contribution in [3.63, 3.8) is 0 Å². The molecule has 1 saturated heterocycles. The van der Waals surface area contributed by atoms with Crippen LogP contribution in [-0.4, -0.2) is 46.1 Å². The van der Waals surface area contributed by atoms with Gasteiger partial charge in [-0.05, 0) is 80.6 Å². The predicted molar refractivity (Wildman–Crippen MR) is 107 cm³/mol. The van der Waals surface area contributed by atoms with Crippen LogP contribution in [0.25, 0.3) is 0 Å². The molecule has 3 rings (SSSR count). The van der Waals surface area contributed by atoms with Crippen LogP contribution < -0.4 is 0 Å². The van der Waals surface area contributed by atoms with Crippen molar-refractivity contribution in [1.29, 1.82) is 0 Å². The molecule has 0 spiro atoms. The van der Waals surface area contributed by atoms with E-state index in [1.807, 2.05) is 6.92 Å². The summed E-state index contributed by atoms with van der Waals surface area (Å²) >= 11 is 0. The van der Waals surface area contributed by atoms with E-state index in [2.05, 4.69) is 4.90 Å². The van der Waals surface area contributed by atoms with E-state index in [4.69, 9.17) is 0 Å². The third-order valence-corrected chi connectivity index (χ3v) is 5.46. The van der Waals surface area contributed by atoms with Gasteiger partial charge in [0.25, 0.3) is 0 Å². The lowest BCUT2D eigenvalue weighted by molar-refractivity contribution is 0.0351. The van der Waals surface area contributed by atoms with Crippen molar-refractivity contribution in [1.82, 2.24) is 4.90 Å². The third kappa shape index (κ3) is 5.40. The number of carbonyl (C=O) groups excluding carboxylic acids is 1. The topological polar surface area (TPSA) is 60.8 Å². The smallest absolute Gasteiger partial charge is 0.176 e. The highest BCUT2D eigenvalue weighted by Crippen LogP contribution is 2.28. The molecule has 2 aromatic rings. The summed E-state index contributed by atoms with van der Waals surface area (Å²) in [5.74, 6) is 0.280. The molecule has 1 heterocycles. The number of phenols is 1. The van der Waals surface area contributed by atoms with Crippen LogP contribution in [0.4, 0.5) is 4.39 Å². The van der Waals surface area contributed by atoms with Gasteiger partial charge in [-0.15, -0.1) is 0 Å². The monoisotopic (exact) mass is 385 g/mol.